The second-order valence-corrected chi connectivity index (χ2v) is 4.73. The third-order valence-corrected chi connectivity index (χ3v) is 3.18. The summed E-state index contributed by atoms with van der Waals surface area (Å²) in [5.41, 5.74) is 0.0339. The lowest BCUT2D eigenvalue weighted by Gasteiger charge is -1.99. The number of nitriles is 1. The monoisotopic (exact) mass is 256 g/mol. The molecule has 2 rings (SSSR count). The van der Waals surface area contributed by atoms with Gasteiger partial charge < -0.3 is 9.73 Å². The molecule has 0 saturated heterocycles. The molecule has 0 unspecified atom stereocenters. The van der Waals surface area contributed by atoms with Crippen molar-refractivity contribution >= 4 is 12.0 Å². The van der Waals surface area contributed by atoms with E-state index in [9.17, 15) is 4.79 Å². The van der Waals surface area contributed by atoms with Gasteiger partial charge in [0.15, 0.2) is 0 Å². The Hall–Kier alpha value is -2.28. The number of rotatable bonds is 5. The predicted molar refractivity (Wildman–Crippen MR) is 72.0 cm³/mol. The maximum atomic E-state index is 11.7. The van der Waals surface area contributed by atoms with Crippen LogP contribution in [-0.2, 0) is 4.79 Å². The van der Waals surface area contributed by atoms with Crippen LogP contribution < -0.4 is 5.32 Å². The summed E-state index contributed by atoms with van der Waals surface area (Å²) in [6, 6.07) is 5.58. The van der Waals surface area contributed by atoms with Gasteiger partial charge in [0.25, 0.3) is 5.91 Å². The van der Waals surface area contributed by atoms with E-state index in [1.807, 2.05) is 12.1 Å². The molecular weight excluding hydrogens is 240 g/mol. The molecule has 0 aliphatic heterocycles. The molecule has 0 spiro atoms. The van der Waals surface area contributed by atoms with E-state index in [0.717, 1.165) is 12.2 Å². The lowest BCUT2D eigenvalue weighted by molar-refractivity contribution is -0.116. The van der Waals surface area contributed by atoms with Gasteiger partial charge in [-0.2, -0.15) is 5.26 Å². The van der Waals surface area contributed by atoms with Crippen LogP contribution in [0.2, 0.25) is 0 Å². The summed E-state index contributed by atoms with van der Waals surface area (Å²) in [4.78, 5) is 11.7. The number of hydrogen-bond donors (Lipinski definition) is 1. The standard InChI is InChI=1S/C15H16N2O2/c1-3-6-17-15(18)11(9-16)8-12-4-5-14(19-12)13-7-10(13)2/h3-5,8,10,13H,1,6-7H2,2H3,(H,17,18)/b11-8+/t10-,13-/m0/s1. The molecule has 1 aliphatic carbocycles. The third kappa shape index (κ3) is 3.14. The van der Waals surface area contributed by atoms with Crippen LogP contribution in [0.3, 0.4) is 0 Å². The first-order valence-corrected chi connectivity index (χ1v) is 6.26. The van der Waals surface area contributed by atoms with Gasteiger partial charge in [-0.15, -0.1) is 6.58 Å². The van der Waals surface area contributed by atoms with Crippen LogP contribution in [0.5, 0.6) is 0 Å². The van der Waals surface area contributed by atoms with Gasteiger partial charge in [0.05, 0.1) is 0 Å². The van der Waals surface area contributed by atoms with Crippen molar-refractivity contribution in [2.45, 2.75) is 19.3 Å². The number of nitrogens with zero attached hydrogens (tertiary/aromatic N) is 1. The number of furan rings is 1. The summed E-state index contributed by atoms with van der Waals surface area (Å²) in [6.07, 6.45) is 4.17. The van der Waals surface area contributed by atoms with Crippen molar-refractivity contribution in [3.05, 3.63) is 41.9 Å². The molecule has 0 aromatic carbocycles. The van der Waals surface area contributed by atoms with E-state index in [1.54, 1.807) is 12.1 Å². The molecule has 0 radical (unpaired) electrons. The van der Waals surface area contributed by atoms with Gasteiger partial charge in [0.1, 0.15) is 23.2 Å². The fraction of sp³-hybridized carbons (Fsp3) is 0.333. The van der Waals surface area contributed by atoms with E-state index in [2.05, 4.69) is 18.8 Å². The molecule has 1 aliphatic rings. The minimum absolute atomic E-state index is 0.0339. The minimum Gasteiger partial charge on any atom is -0.461 e. The van der Waals surface area contributed by atoms with Crippen molar-refractivity contribution in [1.29, 1.82) is 5.26 Å². The highest BCUT2D eigenvalue weighted by atomic mass is 16.3. The van der Waals surface area contributed by atoms with Gasteiger partial charge in [-0.25, -0.2) is 0 Å². The van der Waals surface area contributed by atoms with E-state index >= 15 is 0 Å². The normalized spacial score (nSPS) is 21.6. The topological polar surface area (TPSA) is 66.0 Å². The Labute approximate surface area is 112 Å². The zero-order chi connectivity index (χ0) is 13.8. The molecule has 1 saturated carbocycles. The Morgan fingerprint density at radius 2 is 2.42 bits per heavy atom. The zero-order valence-electron chi connectivity index (χ0n) is 10.8. The van der Waals surface area contributed by atoms with Crippen molar-refractivity contribution in [3.8, 4) is 6.07 Å². The van der Waals surface area contributed by atoms with E-state index in [1.165, 1.54) is 6.08 Å². The predicted octanol–water partition coefficient (Wildman–Crippen LogP) is 2.61. The second-order valence-electron chi connectivity index (χ2n) is 4.73. The number of hydrogen-bond acceptors (Lipinski definition) is 3. The first kappa shape index (κ1) is 13.2. The zero-order valence-corrected chi connectivity index (χ0v) is 10.8. The molecule has 98 valence electrons. The van der Waals surface area contributed by atoms with Gasteiger partial charge in [0.2, 0.25) is 0 Å². The van der Waals surface area contributed by atoms with E-state index in [-0.39, 0.29) is 5.57 Å². The maximum absolute atomic E-state index is 11.7. The molecule has 0 bridgehead atoms. The van der Waals surface area contributed by atoms with Crippen LogP contribution in [0.25, 0.3) is 6.08 Å². The summed E-state index contributed by atoms with van der Waals surface area (Å²) >= 11 is 0. The summed E-state index contributed by atoms with van der Waals surface area (Å²) in [6.45, 7) is 6.01. The molecule has 19 heavy (non-hydrogen) atoms. The molecule has 1 aromatic heterocycles. The maximum Gasteiger partial charge on any atom is 0.262 e. The van der Waals surface area contributed by atoms with Crippen molar-refractivity contribution in [3.63, 3.8) is 0 Å². The van der Waals surface area contributed by atoms with E-state index in [4.69, 9.17) is 9.68 Å². The molecule has 4 nitrogen and oxygen atoms in total. The Bertz CT molecular complexity index is 563. The summed E-state index contributed by atoms with van der Waals surface area (Å²) < 4.78 is 5.64. The molecule has 1 aromatic rings. The Morgan fingerprint density at radius 1 is 1.68 bits per heavy atom. The highest BCUT2D eigenvalue weighted by molar-refractivity contribution is 6.01. The van der Waals surface area contributed by atoms with Crippen molar-refractivity contribution in [2.75, 3.05) is 6.54 Å². The fourth-order valence-corrected chi connectivity index (χ4v) is 1.91. The van der Waals surface area contributed by atoms with Gasteiger partial charge in [0, 0.05) is 18.5 Å². The smallest absolute Gasteiger partial charge is 0.262 e. The third-order valence-electron chi connectivity index (χ3n) is 3.18. The molecule has 2 atom stereocenters. The first-order valence-electron chi connectivity index (χ1n) is 6.26. The number of amides is 1. The van der Waals surface area contributed by atoms with Crippen LogP contribution in [0, 0.1) is 17.2 Å². The molecule has 1 heterocycles. The summed E-state index contributed by atoms with van der Waals surface area (Å²) in [7, 11) is 0. The van der Waals surface area contributed by atoms with Gasteiger partial charge in [-0.3, -0.25) is 4.79 Å². The Kier molecular flexibility index (Phi) is 3.86. The average Bonchev–Trinajstić information content (AvgIpc) is 2.96. The fourth-order valence-electron chi connectivity index (χ4n) is 1.91. The molecule has 1 fully saturated rings. The average molecular weight is 256 g/mol. The molecular formula is C15H16N2O2. The summed E-state index contributed by atoms with van der Waals surface area (Å²) in [5.74, 6) is 2.21. The highest BCUT2D eigenvalue weighted by Gasteiger charge is 2.36. The van der Waals surface area contributed by atoms with Crippen LogP contribution in [-0.4, -0.2) is 12.5 Å². The van der Waals surface area contributed by atoms with Gasteiger partial charge in [-0.05, 0) is 24.5 Å². The molecule has 4 heteroatoms. The number of carbonyl (C=O) groups is 1. The van der Waals surface area contributed by atoms with Crippen LogP contribution in [0.4, 0.5) is 0 Å². The first-order chi connectivity index (χ1) is 9.15. The Morgan fingerprint density at radius 3 is 3.00 bits per heavy atom. The SMILES string of the molecule is C=CCNC(=O)/C(C#N)=C/c1ccc([C@H]2C[C@@H]2C)o1. The minimum atomic E-state index is -0.417. The lowest BCUT2D eigenvalue weighted by atomic mass is 10.2. The summed E-state index contributed by atoms with van der Waals surface area (Å²) in [5, 5.41) is 11.5. The van der Waals surface area contributed by atoms with Crippen molar-refractivity contribution in [2.24, 2.45) is 5.92 Å². The number of carbonyl (C=O) groups excluding carboxylic acids is 1. The van der Waals surface area contributed by atoms with Crippen LogP contribution >= 0.6 is 0 Å². The second kappa shape index (κ2) is 5.57. The quantitative estimate of drug-likeness (QED) is 0.500. The molecule has 1 N–H and O–H groups in total. The lowest BCUT2D eigenvalue weighted by Crippen LogP contribution is -2.24. The largest absolute Gasteiger partial charge is 0.461 e. The Balaban J connectivity index is 2.09. The molecule has 1 amide bonds. The van der Waals surface area contributed by atoms with Gasteiger partial charge in [-0.1, -0.05) is 13.0 Å². The highest BCUT2D eigenvalue weighted by Crippen LogP contribution is 2.47. The van der Waals surface area contributed by atoms with Gasteiger partial charge >= 0.3 is 0 Å². The van der Waals surface area contributed by atoms with Crippen LogP contribution in [0.1, 0.15) is 30.8 Å². The van der Waals surface area contributed by atoms with Crippen molar-refractivity contribution in [1.82, 2.24) is 5.32 Å². The van der Waals surface area contributed by atoms with E-state index in [0.29, 0.717) is 24.1 Å². The van der Waals surface area contributed by atoms with Crippen LogP contribution in [0.15, 0.2) is 34.8 Å². The number of nitrogens with one attached hydrogen (secondary N) is 1. The van der Waals surface area contributed by atoms with E-state index < -0.39 is 5.91 Å². The van der Waals surface area contributed by atoms with Crippen molar-refractivity contribution < 1.29 is 9.21 Å².